The molecule has 2 amide bonds. The standard InChI is InChI=1S/C14H18N2O3/c1-9-5-10(2)7-12(6-9)15-14(19)16-4-3-11(8-16)13(17)18/h5-7,11H,3-4,8H2,1-2H3,(H,15,19)(H,17,18). The van der Waals surface area contributed by atoms with Crippen LogP contribution in [0, 0.1) is 19.8 Å². The highest BCUT2D eigenvalue weighted by molar-refractivity contribution is 5.90. The average molecular weight is 262 g/mol. The Morgan fingerprint density at radius 1 is 1.26 bits per heavy atom. The lowest BCUT2D eigenvalue weighted by atomic mass is 10.1. The van der Waals surface area contributed by atoms with Crippen molar-refractivity contribution in [1.29, 1.82) is 0 Å². The molecule has 0 radical (unpaired) electrons. The number of benzene rings is 1. The van der Waals surface area contributed by atoms with E-state index in [0.717, 1.165) is 16.8 Å². The van der Waals surface area contributed by atoms with Gasteiger partial charge in [-0.15, -0.1) is 0 Å². The summed E-state index contributed by atoms with van der Waals surface area (Å²) in [6.07, 6.45) is 0.523. The number of nitrogens with one attached hydrogen (secondary N) is 1. The molecule has 2 rings (SSSR count). The van der Waals surface area contributed by atoms with Crippen molar-refractivity contribution in [3.8, 4) is 0 Å². The third-order valence-corrected chi connectivity index (χ3v) is 3.30. The topological polar surface area (TPSA) is 69.6 Å². The molecule has 19 heavy (non-hydrogen) atoms. The van der Waals surface area contributed by atoms with Gasteiger partial charge in [-0.25, -0.2) is 4.79 Å². The SMILES string of the molecule is Cc1cc(C)cc(NC(=O)N2CCC(C(=O)O)C2)c1. The molecule has 5 nitrogen and oxygen atoms in total. The third kappa shape index (κ3) is 3.24. The highest BCUT2D eigenvalue weighted by atomic mass is 16.4. The minimum atomic E-state index is -0.832. The molecule has 1 atom stereocenters. The molecular weight excluding hydrogens is 244 g/mol. The van der Waals surface area contributed by atoms with Crippen molar-refractivity contribution in [3.63, 3.8) is 0 Å². The summed E-state index contributed by atoms with van der Waals surface area (Å²) in [4.78, 5) is 24.4. The van der Waals surface area contributed by atoms with Crippen molar-refractivity contribution in [1.82, 2.24) is 4.90 Å². The zero-order valence-corrected chi connectivity index (χ0v) is 11.1. The van der Waals surface area contributed by atoms with Crippen LogP contribution in [0.5, 0.6) is 0 Å². The van der Waals surface area contributed by atoms with Gasteiger partial charge < -0.3 is 15.3 Å². The van der Waals surface area contributed by atoms with Gasteiger partial charge in [0.1, 0.15) is 0 Å². The second kappa shape index (κ2) is 5.30. The molecule has 1 aromatic carbocycles. The van der Waals surface area contributed by atoms with Gasteiger partial charge in [0, 0.05) is 18.8 Å². The van der Waals surface area contributed by atoms with Gasteiger partial charge in [-0.3, -0.25) is 4.79 Å². The number of aliphatic carboxylic acids is 1. The van der Waals surface area contributed by atoms with E-state index in [9.17, 15) is 9.59 Å². The highest BCUT2D eigenvalue weighted by Crippen LogP contribution is 2.19. The Hall–Kier alpha value is -2.04. The van der Waals surface area contributed by atoms with Gasteiger partial charge in [-0.1, -0.05) is 6.07 Å². The fourth-order valence-electron chi connectivity index (χ4n) is 2.40. The maximum absolute atomic E-state index is 12.0. The molecule has 0 saturated carbocycles. The number of urea groups is 1. The first-order valence-electron chi connectivity index (χ1n) is 6.33. The molecule has 1 saturated heterocycles. The van der Waals surface area contributed by atoms with Crippen molar-refractivity contribution in [3.05, 3.63) is 29.3 Å². The number of carbonyl (C=O) groups is 2. The number of carbonyl (C=O) groups excluding carboxylic acids is 1. The van der Waals surface area contributed by atoms with Crippen molar-refractivity contribution >= 4 is 17.7 Å². The lowest BCUT2D eigenvalue weighted by Gasteiger charge is -2.17. The van der Waals surface area contributed by atoms with Crippen LogP contribution in [0.4, 0.5) is 10.5 Å². The number of carboxylic acids is 1. The van der Waals surface area contributed by atoms with E-state index in [1.807, 2.05) is 32.0 Å². The zero-order valence-electron chi connectivity index (χ0n) is 11.1. The van der Waals surface area contributed by atoms with Gasteiger partial charge in [0.05, 0.1) is 5.92 Å². The molecule has 1 fully saturated rings. The predicted molar refractivity (Wildman–Crippen MR) is 72.3 cm³/mol. The third-order valence-electron chi connectivity index (χ3n) is 3.30. The number of amides is 2. The number of carboxylic acid groups (broad SMARTS) is 1. The van der Waals surface area contributed by atoms with E-state index in [4.69, 9.17) is 5.11 Å². The van der Waals surface area contributed by atoms with Gasteiger partial charge in [0.25, 0.3) is 0 Å². The Labute approximate surface area is 112 Å². The lowest BCUT2D eigenvalue weighted by Crippen LogP contribution is -2.33. The second-order valence-electron chi connectivity index (χ2n) is 5.08. The number of anilines is 1. The van der Waals surface area contributed by atoms with Crippen LogP contribution in [0.3, 0.4) is 0 Å². The quantitative estimate of drug-likeness (QED) is 0.858. The molecule has 1 heterocycles. The van der Waals surface area contributed by atoms with Gasteiger partial charge in [0.2, 0.25) is 0 Å². The fourth-order valence-corrected chi connectivity index (χ4v) is 2.40. The normalized spacial score (nSPS) is 18.4. The van der Waals surface area contributed by atoms with E-state index in [-0.39, 0.29) is 12.6 Å². The van der Waals surface area contributed by atoms with Crippen LogP contribution in [0.15, 0.2) is 18.2 Å². The first-order valence-corrected chi connectivity index (χ1v) is 6.33. The van der Waals surface area contributed by atoms with Crippen LogP contribution >= 0.6 is 0 Å². The molecule has 1 aromatic rings. The molecule has 1 aliphatic rings. The summed E-state index contributed by atoms with van der Waals surface area (Å²) in [6, 6.07) is 5.60. The van der Waals surface area contributed by atoms with Gasteiger partial charge in [-0.2, -0.15) is 0 Å². The molecule has 102 valence electrons. The molecule has 5 heteroatoms. The van der Waals surface area contributed by atoms with Crippen LogP contribution in [-0.2, 0) is 4.79 Å². The maximum Gasteiger partial charge on any atom is 0.321 e. The van der Waals surface area contributed by atoms with Gasteiger partial charge >= 0.3 is 12.0 Å². The monoisotopic (exact) mass is 262 g/mol. The number of hydrogen-bond acceptors (Lipinski definition) is 2. The predicted octanol–water partition coefficient (Wildman–Crippen LogP) is 2.24. The minimum absolute atomic E-state index is 0.228. The van der Waals surface area contributed by atoms with E-state index in [1.54, 1.807) is 4.90 Å². The van der Waals surface area contributed by atoms with E-state index >= 15 is 0 Å². The molecule has 0 aromatic heterocycles. The maximum atomic E-state index is 12.0. The summed E-state index contributed by atoms with van der Waals surface area (Å²) in [5.74, 6) is -1.27. The molecule has 2 N–H and O–H groups in total. The van der Waals surface area contributed by atoms with Crippen molar-refractivity contribution in [2.24, 2.45) is 5.92 Å². The number of rotatable bonds is 2. The molecule has 0 aliphatic carbocycles. The summed E-state index contributed by atoms with van der Waals surface area (Å²) in [5.41, 5.74) is 2.92. The van der Waals surface area contributed by atoms with Crippen LogP contribution in [0.1, 0.15) is 17.5 Å². The zero-order chi connectivity index (χ0) is 14.0. The lowest BCUT2D eigenvalue weighted by molar-refractivity contribution is -0.141. The Kier molecular flexibility index (Phi) is 3.74. The number of nitrogens with zero attached hydrogens (tertiary/aromatic N) is 1. The van der Waals surface area contributed by atoms with Crippen LogP contribution < -0.4 is 5.32 Å². The Bertz CT molecular complexity index is 493. The minimum Gasteiger partial charge on any atom is -0.481 e. The molecule has 1 aliphatic heterocycles. The van der Waals surface area contributed by atoms with Crippen LogP contribution in [0.25, 0.3) is 0 Å². The van der Waals surface area contributed by atoms with E-state index in [0.29, 0.717) is 13.0 Å². The first-order chi connectivity index (χ1) is 8.95. The van der Waals surface area contributed by atoms with Crippen molar-refractivity contribution < 1.29 is 14.7 Å². The summed E-state index contributed by atoms with van der Waals surface area (Å²) in [7, 11) is 0. The Balaban J connectivity index is 2.00. The average Bonchev–Trinajstić information content (AvgIpc) is 2.76. The van der Waals surface area contributed by atoms with Gasteiger partial charge in [-0.05, 0) is 43.5 Å². The number of likely N-dealkylation sites (tertiary alicyclic amines) is 1. The fraction of sp³-hybridized carbons (Fsp3) is 0.429. The van der Waals surface area contributed by atoms with Crippen LogP contribution in [-0.4, -0.2) is 35.1 Å². The number of hydrogen-bond donors (Lipinski definition) is 2. The van der Waals surface area contributed by atoms with Gasteiger partial charge in [0.15, 0.2) is 0 Å². The van der Waals surface area contributed by atoms with E-state index < -0.39 is 11.9 Å². The Morgan fingerprint density at radius 2 is 1.89 bits per heavy atom. The summed E-state index contributed by atoms with van der Waals surface area (Å²) in [5, 5.41) is 11.7. The summed E-state index contributed by atoms with van der Waals surface area (Å²) in [6.45, 7) is 4.72. The highest BCUT2D eigenvalue weighted by Gasteiger charge is 2.30. The summed E-state index contributed by atoms with van der Waals surface area (Å²) < 4.78 is 0. The molecule has 0 spiro atoms. The van der Waals surface area contributed by atoms with Crippen LogP contribution in [0.2, 0.25) is 0 Å². The first kappa shape index (κ1) is 13.4. The molecule has 0 bridgehead atoms. The number of aryl methyl sites for hydroxylation is 2. The smallest absolute Gasteiger partial charge is 0.321 e. The molecular formula is C14H18N2O3. The Morgan fingerprint density at radius 3 is 2.42 bits per heavy atom. The molecule has 1 unspecified atom stereocenters. The van der Waals surface area contributed by atoms with E-state index in [2.05, 4.69) is 5.32 Å². The van der Waals surface area contributed by atoms with Crippen molar-refractivity contribution in [2.75, 3.05) is 18.4 Å². The largest absolute Gasteiger partial charge is 0.481 e. The van der Waals surface area contributed by atoms with Crippen molar-refractivity contribution in [2.45, 2.75) is 20.3 Å². The summed E-state index contributed by atoms with van der Waals surface area (Å²) >= 11 is 0. The van der Waals surface area contributed by atoms with E-state index in [1.165, 1.54) is 0 Å². The second-order valence-corrected chi connectivity index (χ2v) is 5.08.